The van der Waals surface area contributed by atoms with Crippen molar-refractivity contribution in [3.8, 4) is 0 Å². The molecule has 0 saturated heterocycles. The lowest BCUT2D eigenvalue weighted by Gasteiger charge is -2.61. The van der Waals surface area contributed by atoms with E-state index in [2.05, 4.69) is 47.1 Å². The summed E-state index contributed by atoms with van der Waals surface area (Å²) in [6, 6.07) is 0.666. The van der Waals surface area contributed by atoms with Crippen LogP contribution in [0.5, 0.6) is 0 Å². The van der Waals surface area contributed by atoms with Crippen LogP contribution in [0.15, 0.2) is 0 Å². The van der Waals surface area contributed by atoms with Gasteiger partial charge in [0.2, 0.25) is 0 Å². The lowest BCUT2D eigenvalue weighted by atomic mass is 9.44. The highest BCUT2D eigenvalue weighted by molar-refractivity contribution is 7.85. The molecule has 4 rings (SSSR count). The van der Waals surface area contributed by atoms with Gasteiger partial charge in [-0.2, -0.15) is 8.42 Å². The summed E-state index contributed by atoms with van der Waals surface area (Å²) in [7, 11) is 0.488. The maximum Gasteiger partial charge on any atom is 0.265 e. The number of nitrogens with zero attached hydrogens (tertiary/aromatic N) is 1. The van der Waals surface area contributed by atoms with Crippen molar-refractivity contribution in [3.05, 3.63) is 0 Å². The van der Waals surface area contributed by atoms with Gasteiger partial charge in [0.25, 0.3) is 10.1 Å². The lowest BCUT2D eigenvalue weighted by molar-refractivity contribution is -0.890. The largest absolute Gasteiger partial charge is 0.328 e. The first kappa shape index (κ1) is 30.8. The minimum absolute atomic E-state index is 0.129. The molecule has 6 heteroatoms. The van der Waals surface area contributed by atoms with Crippen LogP contribution in [0.2, 0.25) is 0 Å². The molecule has 0 radical (unpaired) electrons. The van der Waals surface area contributed by atoms with Crippen LogP contribution >= 0.6 is 0 Å². The van der Waals surface area contributed by atoms with E-state index in [4.69, 9.17) is 4.55 Å². The number of hydrogen-bond acceptors (Lipinski definition) is 3. The Labute approximate surface area is 235 Å². The van der Waals surface area contributed by atoms with Crippen molar-refractivity contribution < 1.29 is 17.5 Å². The highest BCUT2D eigenvalue weighted by Crippen LogP contribution is 2.68. The van der Waals surface area contributed by atoms with Crippen LogP contribution in [0.25, 0.3) is 0 Å². The van der Waals surface area contributed by atoms with E-state index in [1.54, 1.807) is 0 Å². The SMILES string of the molecule is CCC[C@@H](C)[C@H]1CCC2C3CCC4CC(NCCC[N+](C)(C)CCCS(=O)(=O)O)CC[C@]4(C)C3CC[C@@]21C. The molecule has 0 bridgehead atoms. The molecular formula is C32H61N2O3S+. The van der Waals surface area contributed by atoms with Gasteiger partial charge in [-0.1, -0.05) is 40.5 Å². The van der Waals surface area contributed by atoms with Gasteiger partial charge in [0.1, 0.15) is 0 Å². The summed E-state index contributed by atoms with van der Waals surface area (Å²) in [5.41, 5.74) is 1.16. The third-order valence-corrected chi connectivity index (χ3v) is 13.5. The van der Waals surface area contributed by atoms with Gasteiger partial charge in [-0.25, -0.2) is 0 Å². The number of rotatable bonds is 12. The predicted octanol–water partition coefficient (Wildman–Crippen LogP) is 6.78. The molecule has 0 aliphatic heterocycles. The van der Waals surface area contributed by atoms with E-state index >= 15 is 0 Å². The van der Waals surface area contributed by atoms with Gasteiger partial charge >= 0.3 is 0 Å². The van der Waals surface area contributed by atoms with Crippen molar-refractivity contribution in [1.82, 2.24) is 5.32 Å². The Balaban J connectivity index is 1.26. The molecule has 0 aromatic carbocycles. The summed E-state index contributed by atoms with van der Waals surface area (Å²) in [5.74, 6) is 5.56. The summed E-state index contributed by atoms with van der Waals surface area (Å²) in [5, 5.41) is 3.92. The average Bonchev–Trinajstić information content (AvgIpc) is 3.18. The lowest BCUT2D eigenvalue weighted by Crippen LogP contribution is -2.55. The van der Waals surface area contributed by atoms with Crippen LogP contribution in [0.1, 0.15) is 111 Å². The fourth-order valence-corrected chi connectivity index (χ4v) is 11.2. The van der Waals surface area contributed by atoms with E-state index in [0.717, 1.165) is 66.0 Å². The molecule has 222 valence electrons. The van der Waals surface area contributed by atoms with E-state index in [1.165, 1.54) is 70.6 Å². The van der Waals surface area contributed by atoms with Crippen molar-refractivity contribution in [2.24, 2.45) is 46.3 Å². The standard InChI is InChI=1S/C32H60N2O3S/c1-7-10-24(2)28-13-14-29-27-12-11-25-23-26(15-17-31(25,3)30(27)16-18-32(28,29)4)33-19-8-20-34(5,6)21-9-22-38(35,36)37/h24-30,33H,7-23H2,1-6H3/p+1/t24-,25?,26?,27?,28-,29?,30?,31+,32-/m1/s1. The second-order valence-electron chi connectivity index (χ2n) is 15.5. The smallest absolute Gasteiger partial charge is 0.265 e. The fraction of sp³-hybridized carbons (Fsp3) is 1.00. The molecule has 9 atom stereocenters. The van der Waals surface area contributed by atoms with Crippen LogP contribution < -0.4 is 5.32 Å². The Bertz CT molecular complexity index is 891. The van der Waals surface area contributed by atoms with Crippen molar-refractivity contribution in [1.29, 1.82) is 0 Å². The van der Waals surface area contributed by atoms with Crippen molar-refractivity contribution in [3.63, 3.8) is 0 Å². The molecule has 5 unspecified atom stereocenters. The zero-order chi connectivity index (χ0) is 27.8. The summed E-state index contributed by atoms with van der Waals surface area (Å²) in [6.45, 7) is 13.2. The average molecular weight is 554 g/mol. The van der Waals surface area contributed by atoms with Crippen molar-refractivity contribution >= 4 is 10.1 Å². The zero-order valence-corrected chi connectivity index (χ0v) is 26.5. The maximum absolute atomic E-state index is 11.0. The fourth-order valence-electron chi connectivity index (χ4n) is 10.7. The molecule has 0 amide bonds. The summed E-state index contributed by atoms with van der Waals surface area (Å²) in [6.07, 6.45) is 17.4. The van der Waals surface area contributed by atoms with Gasteiger partial charge in [-0.05, 0) is 104 Å². The first-order chi connectivity index (χ1) is 17.8. The van der Waals surface area contributed by atoms with E-state index < -0.39 is 10.1 Å². The van der Waals surface area contributed by atoms with Gasteiger partial charge in [-0.3, -0.25) is 4.55 Å². The third-order valence-electron chi connectivity index (χ3n) is 12.7. The van der Waals surface area contributed by atoms with E-state index in [1.807, 2.05) is 0 Å². The first-order valence-corrected chi connectivity index (χ1v) is 17.9. The molecule has 0 heterocycles. The van der Waals surface area contributed by atoms with Crippen LogP contribution in [0, 0.1) is 46.3 Å². The van der Waals surface area contributed by atoms with Crippen LogP contribution in [-0.4, -0.2) is 63.0 Å². The highest BCUT2D eigenvalue weighted by atomic mass is 32.2. The Morgan fingerprint density at radius 2 is 1.63 bits per heavy atom. The second kappa shape index (κ2) is 12.0. The topological polar surface area (TPSA) is 66.4 Å². The number of quaternary nitrogens is 1. The first-order valence-electron chi connectivity index (χ1n) is 16.3. The minimum atomic E-state index is -3.85. The molecule has 4 aliphatic rings. The van der Waals surface area contributed by atoms with Gasteiger partial charge in [0, 0.05) is 25.4 Å². The van der Waals surface area contributed by atoms with Crippen molar-refractivity contribution in [2.45, 2.75) is 117 Å². The Hall–Kier alpha value is -0.170. The van der Waals surface area contributed by atoms with Crippen LogP contribution in [0.3, 0.4) is 0 Å². The Kier molecular flexibility index (Phi) is 9.70. The summed E-state index contributed by atoms with van der Waals surface area (Å²) < 4.78 is 31.8. The third kappa shape index (κ3) is 6.65. The molecule has 0 spiro atoms. The molecule has 0 aromatic rings. The Morgan fingerprint density at radius 3 is 2.34 bits per heavy atom. The number of hydrogen-bond donors (Lipinski definition) is 2. The van der Waals surface area contributed by atoms with E-state index in [-0.39, 0.29) is 5.75 Å². The predicted molar refractivity (Wildman–Crippen MR) is 159 cm³/mol. The normalized spacial score (nSPS) is 40.3. The molecule has 5 nitrogen and oxygen atoms in total. The Morgan fingerprint density at radius 1 is 0.947 bits per heavy atom. The quantitative estimate of drug-likeness (QED) is 0.159. The maximum atomic E-state index is 11.0. The highest BCUT2D eigenvalue weighted by Gasteiger charge is 2.60. The number of nitrogens with one attached hydrogen (secondary N) is 1. The van der Waals surface area contributed by atoms with Gasteiger partial charge in [0.05, 0.1) is 32.9 Å². The van der Waals surface area contributed by atoms with Crippen LogP contribution in [0.4, 0.5) is 0 Å². The monoisotopic (exact) mass is 553 g/mol. The summed E-state index contributed by atoms with van der Waals surface area (Å²) >= 11 is 0. The van der Waals surface area contributed by atoms with E-state index in [9.17, 15) is 8.42 Å². The molecule has 4 saturated carbocycles. The zero-order valence-electron chi connectivity index (χ0n) is 25.7. The molecule has 4 fully saturated rings. The van der Waals surface area contributed by atoms with Crippen LogP contribution in [-0.2, 0) is 10.1 Å². The molecule has 4 aliphatic carbocycles. The van der Waals surface area contributed by atoms with Gasteiger partial charge in [0.15, 0.2) is 0 Å². The van der Waals surface area contributed by atoms with Gasteiger partial charge < -0.3 is 9.80 Å². The molecular weight excluding hydrogens is 492 g/mol. The summed E-state index contributed by atoms with van der Waals surface area (Å²) in [4.78, 5) is 0. The van der Waals surface area contributed by atoms with E-state index in [0.29, 0.717) is 23.3 Å². The second-order valence-corrected chi connectivity index (χ2v) is 17.0. The minimum Gasteiger partial charge on any atom is -0.328 e. The molecule has 0 aromatic heterocycles. The molecule has 38 heavy (non-hydrogen) atoms. The molecule has 2 N–H and O–H groups in total. The van der Waals surface area contributed by atoms with Crippen molar-refractivity contribution in [2.75, 3.05) is 39.5 Å². The number of fused-ring (bicyclic) bond motifs is 5. The van der Waals surface area contributed by atoms with Gasteiger partial charge in [-0.15, -0.1) is 0 Å².